The SMILES string of the molecule is CN1CCCC(O)(C(F)(F)C(=O)O)C1. The van der Waals surface area contributed by atoms with Crippen LogP contribution in [0.15, 0.2) is 0 Å². The molecule has 0 amide bonds. The number of carboxylic acid groups (broad SMARTS) is 1. The first-order valence-corrected chi connectivity index (χ1v) is 4.32. The molecule has 0 radical (unpaired) electrons. The monoisotopic (exact) mass is 209 g/mol. The number of likely N-dealkylation sites (N-methyl/N-ethyl adjacent to an activating group) is 1. The number of hydrogen-bond donors (Lipinski definition) is 2. The van der Waals surface area contributed by atoms with Gasteiger partial charge in [0.25, 0.3) is 0 Å². The molecule has 4 nitrogen and oxygen atoms in total. The van der Waals surface area contributed by atoms with Crippen molar-refractivity contribution in [3.8, 4) is 0 Å². The normalized spacial score (nSPS) is 30.3. The van der Waals surface area contributed by atoms with E-state index in [4.69, 9.17) is 5.11 Å². The number of β-amino-alcohol motifs (C(OH)–C–C–N with tert-alkyl or cyclic N) is 1. The second kappa shape index (κ2) is 3.43. The van der Waals surface area contributed by atoms with E-state index >= 15 is 0 Å². The Labute approximate surface area is 80.1 Å². The van der Waals surface area contributed by atoms with Crippen LogP contribution in [-0.4, -0.2) is 52.7 Å². The molecular weight excluding hydrogens is 196 g/mol. The van der Waals surface area contributed by atoms with E-state index < -0.39 is 17.5 Å². The van der Waals surface area contributed by atoms with Crippen LogP contribution in [0.3, 0.4) is 0 Å². The van der Waals surface area contributed by atoms with Crippen LogP contribution >= 0.6 is 0 Å². The standard InChI is InChI=1S/C8H13F2NO3/c1-11-4-2-3-7(14,5-11)8(9,10)6(12)13/h14H,2-5H2,1H3,(H,12,13). The van der Waals surface area contributed by atoms with Crippen molar-refractivity contribution in [3.05, 3.63) is 0 Å². The number of nitrogens with zero attached hydrogens (tertiary/aromatic N) is 1. The molecule has 1 rings (SSSR count). The summed E-state index contributed by atoms with van der Waals surface area (Å²) in [6.45, 7) is 0.282. The summed E-state index contributed by atoms with van der Waals surface area (Å²) in [5.74, 6) is -6.35. The van der Waals surface area contributed by atoms with Gasteiger partial charge in [0, 0.05) is 6.54 Å². The molecule has 0 saturated carbocycles. The van der Waals surface area contributed by atoms with Gasteiger partial charge in [-0.05, 0) is 26.4 Å². The van der Waals surface area contributed by atoms with E-state index in [1.54, 1.807) is 7.05 Å². The van der Waals surface area contributed by atoms with E-state index in [0.29, 0.717) is 13.0 Å². The number of carboxylic acids is 1. The number of rotatable bonds is 2. The van der Waals surface area contributed by atoms with Gasteiger partial charge in [0.1, 0.15) is 0 Å². The summed E-state index contributed by atoms with van der Waals surface area (Å²) >= 11 is 0. The van der Waals surface area contributed by atoms with Gasteiger partial charge in [-0.2, -0.15) is 8.78 Å². The van der Waals surface area contributed by atoms with Gasteiger partial charge in [0.15, 0.2) is 5.60 Å². The van der Waals surface area contributed by atoms with Crippen molar-refractivity contribution in [2.75, 3.05) is 20.1 Å². The van der Waals surface area contributed by atoms with Crippen LogP contribution in [0.4, 0.5) is 8.78 Å². The van der Waals surface area contributed by atoms with Crippen molar-refractivity contribution in [3.63, 3.8) is 0 Å². The smallest absolute Gasteiger partial charge is 0.377 e. The van der Waals surface area contributed by atoms with E-state index in [-0.39, 0.29) is 13.0 Å². The number of alkyl halides is 2. The Bertz CT molecular complexity index is 247. The molecule has 0 aromatic rings. The highest BCUT2D eigenvalue weighted by Crippen LogP contribution is 2.35. The lowest BCUT2D eigenvalue weighted by molar-refractivity contribution is -0.219. The molecule has 0 spiro atoms. The van der Waals surface area contributed by atoms with Crippen LogP contribution < -0.4 is 0 Å². The third-order valence-corrected chi connectivity index (χ3v) is 2.51. The van der Waals surface area contributed by atoms with Crippen molar-refractivity contribution in [1.29, 1.82) is 0 Å². The molecule has 1 aliphatic heterocycles. The third-order valence-electron chi connectivity index (χ3n) is 2.51. The van der Waals surface area contributed by atoms with Gasteiger partial charge in [-0.25, -0.2) is 4.79 Å². The summed E-state index contributed by atoms with van der Waals surface area (Å²) in [6.07, 6.45) is 0.187. The lowest BCUT2D eigenvalue weighted by Gasteiger charge is -2.40. The fraction of sp³-hybridized carbons (Fsp3) is 0.875. The lowest BCUT2D eigenvalue weighted by Crippen LogP contribution is -2.61. The lowest BCUT2D eigenvalue weighted by atomic mass is 9.87. The van der Waals surface area contributed by atoms with Gasteiger partial charge in [-0.15, -0.1) is 0 Å². The van der Waals surface area contributed by atoms with Crippen LogP contribution in [0.2, 0.25) is 0 Å². The van der Waals surface area contributed by atoms with E-state index in [2.05, 4.69) is 0 Å². The average Bonchev–Trinajstić information content (AvgIpc) is 2.03. The number of likely N-dealkylation sites (tertiary alicyclic amines) is 1. The molecule has 1 atom stereocenters. The number of aliphatic carboxylic acids is 1. The summed E-state index contributed by atoms with van der Waals surface area (Å²) in [5, 5.41) is 17.9. The summed E-state index contributed by atoms with van der Waals surface area (Å²) in [4.78, 5) is 11.8. The predicted octanol–water partition coefficient (Wildman–Crippen LogP) is 0.163. The molecule has 0 bridgehead atoms. The molecule has 0 aromatic carbocycles. The zero-order chi connectivity index (χ0) is 11.0. The Kier molecular flexibility index (Phi) is 2.78. The highest BCUT2D eigenvalue weighted by molar-refractivity contribution is 5.77. The summed E-state index contributed by atoms with van der Waals surface area (Å²) in [5.41, 5.74) is -2.44. The predicted molar refractivity (Wildman–Crippen MR) is 44.3 cm³/mol. The highest BCUT2D eigenvalue weighted by atomic mass is 19.3. The van der Waals surface area contributed by atoms with E-state index in [1.807, 2.05) is 0 Å². The number of halogens is 2. The number of piperidine rings is 1. The Morgan fingerprint density at radius 3 is 2.57 bits per heavy atom. The Morgan fingerprint density at radius 2 is 2.14 bits per heavy atom. The Hall–Kier alpha value is -0.750. The van der Waals surface area contributed by atoms with Crippen molar-refractivity contribution < 1.29 is 23.8 Å². The van der Waals surface area contributed by atoms with Crippen LogP contribution in [0.1, 0.15) is 12.8 Å². The summed E-state index contributed by atoms with van der Waals surface area (Å²) < 4.78 is 26.2. The van der Waals surface area contributed by atoms with E-state index in [0.717, 1.165) is 0 Å². The van der Waals surface area contributed by atoms with Crippen molar-refractivity contribution in [2.45, 2.75) is 24.4 Å². The van der Waals surface area contributed by atoms with Gasteiger partial charge < -0.3 is 15.1 Å². The Balaban J connectivity index is 2.87. The topological polar surface area (TPSA) is 60.8 Å². The number of aliphatic hydroxyl groups is 1. The molecule has 1 saturated heterocycles. The molecule has 6 heteroatoms. The van der Waals surface area contributed by atoms with Crippen molar-refractivity contribution in [1.82, 2.24) is 4.90 Å². The van der Waals surface area contributed by atoms with Crippen LogP contribution in [0.25, 0.3) is 0 Å². The fourth-order valence-corrected chi connectivity index (χ4v) is 1.70. The second-order valence-corrected chi connectivity index (χ2v) is 3.75. The van der Waals surface area contributed by atoms with Crippen LogP contribution in [0, 0.1) is 0 Å². The molecule has 0 aliphatic carbocycles. The number of carbonyl (C=O) groups is 1. The van der Waals surface area contributed by atoms with Crippen LogP contribution in [-0.2, 0) is 4.79 Å². The first kappa shape index (κ1) is 11.3. The zero-order valence-corrected chi connectivity index (χ0v) is 7.83. The second-order valence-electron chi connectivity index (χ2n) is 3.75. The summed E-state index contributed by atoms with van der Waals surface area (Å²) in [7, 11) is 1.57. The Morgan fingerprint density at radius 1 is 1.57 bits per heavy atom. The maximum atomic E-state index is 13.1. The minimum absolute atomic E-state index is 0.184. The quantitative estimate of drug-likeness (QED) is 0.680. The van der Waals surface area contributed by atoms with Crippen LogP contribution in [0.5, 0.6) is 0 Å². The van der Waals surface area contributed by atoms with E-state index in [1.165, 1.54) is 4.90 Å². The minimum atomic E-state index is -4.08. The molecule has 2 N–H and O–H groups in total. The first-order chi connectivity index (χ1) is 6.29. The van der Waals surface area contributed by atoms with Gasteiger partial charge in [-0.3, -0.25) is 0 Å². The van der Waals surface area contributed by atoms with Gasteiger partial charge in [0.05, 0.1) is 0 Å². The minimum Gasteiger partial charge on any atom is -0.477 e. The molecule has 0 aromatic heterocycles. The largest absolute Gasteiger partial charge is 0.477 e. The molecule has 82 valence electrons. The van der Waals surface area contributed by atoms with Crippen molar-refractivity contribution >= 4 is 5.97 Å². The molecule has 1 fully saturated rings. The molecule has 1 heterocycles. The fourth-order valence-electron chi connectivity index (χ4n) is 1.70. The van der Waals surface area contributed by atoms with Gasteiger partial charge >= 0.3 is 11.9 Å². The number of hydrogen-bond acceptors (Lipinski definition) is 3. The van der Waals surface area contributed by atoms with Gasteiger partial charge in [-0.1, -0.05) is 0 Å². The molecule has 14 heavy (non-hydrogen) atoms. The summed E-state index contributed by atoms with van der Waals surface area (Å²) in [6, 6.07) is 0. The molecular formula is C8H13F2NO3. The van der Waals surface area contributed by atoms with Crippen molar-refractivity contribution in [2.24, 2.45) is 0 Å². The zero-order valence-electron chi connectivity index (χ0n) is 7.83. The molecule has 1 unspecified atom stereocenters. The van der Waals surface area contributed by atoms with Gasteiger partial charge in [0.2, 0.25) is 0 Å². The average molecular weight is 209 g/mol. The maximum absolute atomic E-state index is 13.1. The highest BCUT2D eigenvalue weighted by Gasteiger charge is 2.59. The third kappa shape index (κ3) is 1.72. The maximum Gasteiger partial charge on any atom is 0.377 e. The molecule has 1 aliphatic rings. The first-order valence-electron chi connectivity index (χ1n) is 4.32. The van der Waals surface area contributed by atoms with E-state index in [9.17, 15) is 18.7 Å².